The predicted octanol–water partition coefficient (Wildman–Crippen LogP) is 1.28. The molecular formula is C8H14N2S. The first-order valence-electron chi connectivity index (χ1n) is 3.68. The minimum atomic E-state index is 0.636. The molecule has 1 aromatic rings. The molecule has 0 aliphatic heterocycles. The van der Waals surface area contributed by atoms with Crippen LogP contribution in [0.5, 0.6) is 0 Å². The van der Waals surface area contributed by atoms with Crippen molar-refractivity contribution in [2.45, 2.75) is 26.9 Å². The van der Waals surface area contributed by atoms with Crippen LogP contribution in [-0.4, -0.2) is 0 Å². The number of hydrogen-bond donors (Lipinski definition) is 2. The zero-order valence-corrected chi connectivity index (χ0v) is 7.79. The van der Waals surface area contributed by atoms with Crippen LogP contribution in [0.1, 0.15) is 20.9 Å². The molecule has 62 valence electrons. The average Bonchev–Trinajstić information content (AvgIpc) is 2.30. The molecule has 1 heterocycles. The van der Waals surface area contributed by atoms with Crippen LogP contribution in [0.4, 0.5) is 0 Å². The Hall–Kier alpha value is -0.380. The van der Waals surface area contributed by atoms with Gasteiger partial charge in [0.1, 0.15) is 0 Å². The van der Waals surface area contributed by atoms with Crippen LogP contribution >= 0.6 is 11.3 Å². The SMILES string of the molecule is Cc1c(CN)sc(CN)c1C. The van der Waals surface area contributed by atoms with Crippen molar-refractivity contribution in [1.29, 1.82) is 0 Å². The van der Waals surface area contributed by atoms with Gasteiger partial charge in [-0.1, -0.05) is 0 Å². The van der Waals surface area contributed by atoms with Crippen LogP contribution in [0.15, 0.2) is 0 Å². The molecule has 0 atom stereocenters. The van der Waals surface area contributed by atoms with Crippen molar-refractivity contribution < 1.29 is 0 Å². The van der Waals surface area contributed by atoms with E-state index in [4.69, 9.17) is 11.5 Å². The van der Waals surface area contributed by atoms with Crippen LogP contribution in [-0.2, 0) is 13.1 Å². The van der Waals surface area contributed by atoms with Crippen molar-refractivity contribution in [1.82, 2.24) is 0 Å². The number of thiophene rings is 1. The smallest absolute Gasteiger partial charge is 0.0276 e. The van der Waals surface area contributed by atoms with Crippen molar-refractivity contribution in [2.75, 3.05) is 0 Å². The Balaban J connectivity index is 3.12. The zero-order valence-electron chi connectivity index (χ0n) is 6.98. The molecule has 11 heavy (non-hydrogen) atoms. The third-order valence-electron chi connectivity index (χ3n) is 2.02. The van der Waals surface area contributed by atoms with E-state index in [0.717, 1.165) is 0 Å². The van der Waals surface area contributed by atoms with Gasteiger partial charge in [0.25, 0.3) is 0 Å². The summed E-state index contributed by atoms with van der Waals surface area (Å²) in [6, 6.07) is 0. The highest BCUT2D eigenvalue weighted by Gasteiger charge is 2.07. The molecule has 0 aromatic carbocycles. The van der Waals surface area contributed by atoms with E-state index in [1.54, 1.807) is 11.3 Å². The highest BCUT2D eigenvalue weighted by atomic mass is 32.1. The molecule has 4 N–H and O–H groups in total. The predicted molar refractivity (Wildman–Crippen MR) is 49.6 cm³/mol. The van der Waals surface area contributed by atoms with E-state index in [0.29, 0.717) is 13.1 Å². The molecule has 0 aliphatic carbocycles. The van der Waals surface area contributed by atoms with Gasteiger partial charge in [-0.25, -0.2) is 0 Å². The monoisotopic (exact) mass is 170 g/mol. The Kier molecular flexibility index (Phi) is 2.65. The number of hydrogen-bond acceptors (Lipinski definition) is 3. The summed E-state index contributed by atoms with van der Waals surface area (Å²) in [5.41, 5.74) is 13.7. The quantitative estimate of drug-likeness (QED) is 0.702. The summed E-state index contributed by atoms with van der Waals surface area (Å²) < 4.78 is 0. The summed E-state index contributed by atoms with van der Waals surface area (Å²) in [6.07, 6.45) is 0. The fourth-order valence-electron chi connectivity index (χ4n) is 1.11. The lowest BCUT2D eigenvalue weighted by molar-refractivity contribution is 1.07. The van der Waals surface area contributed by atoms with Crippen molar-refractivity contribution >= 4 is 11.3 Å². The Morgan fingerprint density at radius 3 is 1.55 bits per heavy atom. The zero-order chi connectivity index (χ0) is 8.43. The second-order valence-electron chi connectivity index (χ2n) is 2.61. The minimum absolute atomic E-state index is 0.636. The van der Waals surface area contributed by atoms with Gasteiger partial charge >= 0.3 is 0 Å². The van der Waals surface area contributed by atoms with Crippen LogP contribution in [0, 0.1) is 13.8 Å². The Bertz CT molecular complexity index is 228. The molecule has 0 fully saturated rings. The standard InChI is InChI=1S/C8H14N2S/c1-5-6(2)8(4-10)11-7(5)3-9/h3-4,9-10H2,1-2H3. The van der Waals surface area contributed by atoms with Gasteiger partial charge < -0.3 is 11.5 Å². The van der Waals surface area contributed by atoms with Gasteiger partial charge in [0.05, 0.1) is 0 Å². The molecule has 1 aromatic heterocycles. The van der Waals surface area contributed by atoms with Gasteiger partial charge in [-0.3, -0.25) is 0 Å². The number of nitrogens with two attached hydrogens (primary N) is 2. The molecule has 0 aliphatic rings. The molecule has 1 rings (SSSR count). The van der Waals surface area contributed by atoms with E-state index in [1.807, 2.05) is 0 Å². The van der Waals surface area contributed by atoms with Gasteiger partial charge in [0, 0.05) is 22.8 Å². The van der Waals surface area contributed by atoms with Crippen LogP contribution in [0.3, 0.4) is 0 Å². The lowest BCUT2D eigenvalue weighted by Gasteiger charge is -1.93. The van der Waals surface area contributed by atoms with Gasteiger partial charge in [-0.15, -0.1) is 11.3 Å². The summed E-state index contributed by atoms with van der Waals surface area (Å²) in [4.78, 5) is 2.53. The van der Waals surface area contributed by atoms with Crippen LogP contribution < -0.4 is 11.5 Å². The molecule has 0 saturated carbocycles. The fourth-order valence-corrected chi connectivity index (χ4v) is 2.19. The van der Waals surface area contributed by atoms with Gasteiger partial charge in [-0.2, -0.15) is 0 Å². The lowest BCUT2D eigenvalue weighted by atomic mass is 10.1. The van der Waals surface area contributed by atoms with E-state index >= 15 is 0 Å². The van der Waals surface area contributed by atoms with E-state index < -0.39 is 0 Å². The van der Waals surface area contributed by atoms with Crippen molar-refractivity contribution in [3.05, 3.63) is 20.9 Å². The molecule has 0 saturated heterocycles. The van der Waals surface area contributed by atoms with E-state index in [-0.39, 0.29) is 0 Å². The molecule has 0 radical (unpaired) electrons. The van der Waals surface area contributed by atoms with Crippen molar-refractivity contribution in [2.24, 2.45) is 11.5 Å². The topological polar surface area (TPSA) is 52.0 Å². The average molecular weight is 170 g/mol. The van der Waals surface area contributed by atoms with Gasteiger partial charge in [-0.05, 0) is 25.0 Å². The summed E-state index contributed by atoms with van der Waals surface area (Å²) in [6.45, 7) is 5.48. The molecule has 0 unspecified atom stereocenters. The molecule has 2 nitrogen and oxygen atoms in total. The summed E-state index contributed by atoms with van der Waals surface area (Å²) >= 11 is 1.74. The maximum absolute atomic E-state index is 5.56. The maximum atomic E-state index is 5.56. The summed E-state index contributed by atoms with van der Waals surface area (Å²) in [7, 11) is 0. The van der Waals surface area contributed by atoms with Gasteiger partial charge in [0.2, 0.25) is 0 Å². The highest BCUT2D eigenvalue weighted by Crippen LogP contribution is 2.26. The first-order valence-corrected chi connectivity index (χ1v) is 4.50. The normalized spacial score (nSPS) is 10.5. The molecule has 0 spiro atoms. The van der Waals surface area contributed by atoms with Crippen LogP contribution in [0.25, 0.3) is 0 Å². The third kappa shape index (κ3) is 1.45. The Morgan fingerprint density at radius 1 is 1.00 bits per heavy atom. The minimum Gasteiger partial charge on any atom is -0.326 e. The van der Waals surface area contributed by atoms with E-state index in [2.05, 4.69) is 13.8 Å². The Morgan fingerprint density at radius 2 is 1.36 bits per heavy atom. The third-order valence-corrected chi connectivity index (χ3v) is 3.45. The first-order chi connectivity index (χ1) is 5.20. The lowest BCUT2D eigenvalue weighted by Crippen LogP contribution is -1.95. The first kappa shape index (κ1) is 8.71. The second-order valence-corrected chi connectivity index (χ2v) is 3.80. The van der Waals surface area contributed by atoms with Gasteiger partial charge in [0.15, 0.2) is 0 Å². The number of rotatable bonds is 2. The van der Waals surface area contributed by atoms with E-state index in [1.165, 1.54) is 20.9 Å². The second kappa shape index (κ2) is 3.34. The summed E-state index contributed by atoms with van der Waals surface area (Å²) in [5.74, 6) is 0. The Labute approximate surface area is 71.2 Å². The maximum Gasteiger partial charge on any atom is 0.0276 e. The molecule has 0 amide bonds. The molecule has 0 bridgehead atoms. The summed E-state index contributed by atoms with van der Waals surface area (Å²) in [5, 5.41) is 0. The largest absolute Gasteiger partial charge is 0.326 e. The van der Waals surface area contributed by atoms with Crippen molar-refractivity contribution in [3.63, 3.8) is 0 Å². The molecule has 3 heteroatoms. The van der Waals surface area contributed by atoms with E-state index in [9.17, 15) is 0 Å². The van der Waals surface area contributed by atoms with Crippen LogP contribution in [0.2, 0.25) is 0 Å². The van der Waals surface area contributed by atoms with Crippen molar-refractivity contribution in [3.8, 4) is 0 Å². The molecular weight excluding hydrogens is 156 g/mol. The highest BCUT2D eigenvalue weighted by molar-refractivity contribution is 7.12. The fraction of sp³-hybridized carbons (Fsp3) is 0.500.